The van der Waals surface area contributed by atoms with Gasteiger partial charge in [-0.2, -0.15) is 0 Å². The Morgan fingerprint density at radius 2 is 2.15 bits per heavy atom. The molecule has 0 unspecified atom stereocenters. The van der Waals surface area contributed by atoms with E-state index in [0.29, 0.717) is 6.42 Å². The van der Waals surface area contributed by atoms with Gasteiger partial charge in [0.25, 0.3) is 0 Å². The third-order valence-electron chi connectivity index (χ3n) is 1.25. The van der Waals surface area contributed by atoms with Crippen molar-refractivity contribution >= 4 is 5.97 Å². The summed E-state index contributed by atoms with van der Waals surface area (Å²) in [6.45, 7) is 1.93. The highest BCUT2D eigenvalue weighted by molar-refractivity contribution is 5.89. The monoisotopic (exact) mass is 184 g/mol. The van der Waals surface area contributed by atoms with E-state index in [1.807, 2.05) is 0 Å². The van der Waals surface area contributed by atoms with E-state index in [-0.39, 0.29) is 6.61 Å². The molecule has 1 rings (SSSR count). The van der Waals surface area contributed by atoms with Gasteiger partial charge in [-0.15, -0.1) is 0 Å². The van der Waals surface area contributed by atoms with Crippen molar-refractivity contribution < 1.29 is 20.1 Å². The molecule has 0 amide bonds. The Labute approximate surface area is 82.6 Å². The molecule has 1 aromatic rings. The van der Waals surface area contributed by atoms with Gasteiger partial charge in [-0.05, 0) is 30.6 Å². The van der Waals surface area contributed by atoms with E-state index in [1.54, 1.807) is 6.92 Å². The molecule has 0 saturated carbocycles. The van der Waals surface area contributed by atoms with Gasteiger partial charge >= 0.3 is 5.97 Å². The summed E-state index contributed by atoms with van der Waals surface area (Å²) in [7, 11) is 0. The Kier molecular flexibility index (Phi) is 1.82. The number of carbonyl (C=O) groups is 1. The first kappa shape index (κ1) is 5.27. The van der Waals surface area contributed by atoms with Gasteiger partial charge in [0.05, 0.1) is 17.7 Å². The van der Waals surface area contributed by atoms with Gasteiger partial charge in [0, 0.05) is 0 Å². The first-order chi connectivity index (χ1) is 7.91. The molecule has 70 valence electrons. The first-order valence-corrected chi connectivity index (χ1v) is 3.88. The van der Waals surface area contributed by atoms with Gasteiger partial charge in [0.15, 0.2) is 0 Å². The fourth-order valence-corrected chi connectivity index (χ4v) is 0.675. The van der Waals surface area contributed by atoms with Gasteiger partial charge < -0.3 is 9.84 Å². The Morgan fingerprint density at radius 1 is 1.54 bits per heavy atom. The average molecular weight is 184 g/mol. The van der Waals surface area contributed by atoms with Gasteiger partial charge in [0.2, 0.25) is 0 Å². The Balaban J connectivity index is 3.29. The van der Waals surface area contributed by atoms with Crippen molar-refractivity contribution in [3.8, 4) is 5.75 Å². The van der Waals surface area contributed by atoms with Gasteiger partial charge in [-0.1, -0.05) is 6.92 Å². The van der Waals surface area contributed by atoms with Crippen LogP contribution in [0.3, 0.4) is 0 Å². The van der Waals surface area contributed by atoms with E-state index in [2.05, 4.69) is 0 Å². The zero-order valence-corrected chi connectivity index (χ0v) is 7.18. The molecule has 0 fully saturated rings. The van der Waals surface area contributed by atoms with Crippen LogP contribution in [0.1, 0.15) is 29.2 Å². The Hall–Kier alpha value is -1.51. The third-order valence-corrected chi connectivity index (χ3v) is 1.25. The number of esters is 1. The molecule has 0 heterocycles. The Morgan fingerprint density at radius 3 is 2.69 bits per heavy atom. The number of hydrogen-bond acceptors (Lipinski definition) is 3. The number of rotatable bonds is 3. The van der Waals surface area contributed by atoms with Crippen molar-refractivity contribution in [2.75, 3.05) is 6.61 Å². The average Bonchev–Trinajstić information content (AvgIpc) is 2.31. The van der Waals surface area contributed by atoms with Gasteiger partial charge in [0.1, 0.15) is 5.75 Å². The fourth-order valence-electron chi connectivity index (χ4n) is 0.675. The fraction of sp³-hybridized carbons (Fsp3) is 0.300. The largest absolute Gasteiger partial charge is 0.508 e. The summed E-state index contributed by atoms with van der Waals surface area (Å²) in [6, 6.07) is -2.47. The van der Waals surface area contributed by atoms with Crippen LogP contribution >= 0.6 is 0 Å². The van der Waals surface area contributed by atoms with E-state index in [9.17, 15) is 9.90 Å². The first-order valence-electron chi connectivity index (χ1n) is 5.88. The zero-order valence-electron chi connectivity index (χ0n) is 11.2. The summed E-state index contributed by atoms with van der Waals surface area (Å²) in [5.74, 6) is -1.68. The van der Waals surface area contributed by atoms with Crippen LogP contribution in [0.15, 0.2) is 24.2 Å². The summed E-state index contributed by atoms with van der Waals surface area (Å²) >= 11 is 0. The minimum atomic E-state index is -0.913. The van der Waals surface area contributed by atoms with Crippen LogP contribution in [0.5, 0.6) is 5.75 Å². The smallest absolute Gasteiger partial charge is 0.338 e. The van der Waals surface area contributed by atoms with Crippen LogP contribution < -0.4 is 0 Å². The molecule has 3 heteroatoms. The van der Waals surface area contributed by atoms with Crippen molar-refractivity contribution in [2.45, 2.75) is 13.3 Å². The number of benzene rings is 1. The molecule has 1 N–H and O–H groups in total. The summed E-state index contributed by atoms with van der Waals surface area (Å²) in [5.41, 5.74) is -0.453. The maximum atomic E-state index is 11.6. The number of hydrogen-bond donors (Lipinski definition) is 1. The van der Waals surface area contributed by atoms with Crippen molar-refractivity contribution in [2.24, 2.45) is 0 Å². The van der Waals surface area contributed by atoms with Crippen LogP contribution in [0.2, 0.25) is 0 Å². The quantitative estimate of drug-likeness (QED) is 0.730. The highest BCUT2D eigenvalue weighted by Crippen LogP contribution is 2.10. The zero-order chi connectivity index (χ0) is 13.2. The molecule has 0 aliphatic rings. The number of aromatic hydroxyl groups is 1. The van der Waals surface area contributed by atoms with E-state index in [4.69, 9.17) is 10.2 Å². The van der Waals surface area contributed by atoms with Crippen molar-refractivity contribution in [1.29, 1.82) is 0 Å². The Bertz CT molecular complexity index is 430. The predicted octanol–water partition coefficient (Wildman–Crippen LogP) is 1.96. The highest BCUT2D eigenvalue weighted by Gasteiger charge is 2.05. The van der Waals surface area contributed by atoms with Crippen molar-refractivity contribution in [3.05, 3.63) is 29.7 Å². The van der Waals surface area contributed by atoms with Crippen LogP contribution in [0, 0.1) is 0 Å². The molecule has 0 saturated heterocycles. The number of ether oxygens (including phenoxy) is 1. The lowest BCUT2D eigenvalue weighted by Crippen LogP contribution is -2.05. The lowest BCUT2D eigenvalue weighted by molar-refractivity contribution is 0.0505. The third kappa shape index (κ3) is 2.78. The normalized spacial score (nSPS) is 13.9. The number of phenolic OH excluding ortho intramolecular Hbond substituents is 1. The molecule has 13 heavy (non-hydrogen) atoms. The van der Waals surface area contributed by atoms with Crippen molar-refractivity contribution in [1.82, 2.24) is 0 Å². The SMILES string of the molecule is [2H]c1c([2H])c(C(=O)OCCC)c([2H])c([2H])c1O. The lowest BCUT2D eigenvalue weighted by atomic mass is 10.2. The summed E-state index contributed by atoms with van der Waals surface area (Å²) in [4.78, 5) is 11.6. The lowest BCUT2D eigenvalue weighted by Gasteiger charge is -2.02. The van der Waals surface area contributed by atoms with E-state index in [0.717, 1.165) is 0 Å². The molecule has 3 nitrogen and oxygen atoms in total. The predicted molar refractivity (Wildman–Crippen MR) is 48.7 cm³/mol. The molecule has 1 aromatic carbocycles. The molecular formula is C10H12O3. The van der Waals surface area contributed by atoms with Crippen LogP contribution in [-0.4, -0.2) is 17.7 Å². The highest BCUT2D eigenvalue weighted by atomic mass is 16.5. The second-order valence-corrected chi connectivity index (χ2v) is 2.36. The molecule has 0 aromatic heterocycles. The van der Waals surface area contributed by atoms with Crippen LogP contribution in [-0.2, 0) is 4.74 Å². The minimum absolute atomic E-state index is 0.138. The van der Waals surface area contributed by atoms with Crippen LogP contribution in [0.4, 0.5) is 0 Å². The second kappa shape index (κ2) is 4.50. The minimum Gasteiger partial charge on any atom is -0.508 e. The standard InChI is InChI=1S/C10H12O3/c1-2-7-13-10(12)8-3-5-9(11)6-4-8/h3-6,11H,2,7H2,1H3/i3D,4D,5D,6D. The molecule has 0 aliphatic heterocycles. The second-order valence-electron chi connectivity index (χ2n) is 2.36. The summed E-state index contributed by atoms with van der Waals surface area (Å²) in [5, 5.41) is 9.28. The maximum absolute atomic E-state index is 11.6. The number of carbonyl (C=O) groups excluding carboxylic acids is 1. The van der Waals surface area contributed by atoms with E-state index < -0.39 is 41.5 Å². The summed E-state index contributed by atoms with van der Waals surface area (Å²) < 4.78 is 34.4. The molecular weight excluding hydrogens is 168 g/mol. The molecule has 0 atom stereocenters. The van der Waals surface area contributed by atoms with Crippen LogP contribution in [0.25, 0.3) is 0 Å². The number of phenols is 1. The van der Waals surface area contributed by atoms with Gasteiger partial charge in [-0.3, -0.25) is 0 Å². The molecule has 0 aliphatic carbocycles. The summed E-state index contributed by atoms with van der Waals surface area (Å²) in [6.07, 6.45) is 0.589. The molecule has 0 radical (unpaired) electrons. The van der Waals surface area contributed by atoms with E-state index >= 15 is 0 Å². The molecule has 0 bridgehead atoms. The molecule has 0 spiro atoms. The topological polar surface area (TPSA) is 46.5 Å². The van der Waals surface area contributed by atoms with Gasteiger partial charge in [-0.25, -0.2) is 4.79 Å². The maximum Gasteiger partial charge on any atom is 0.338 e. The van der Waals surface area contributed by atoms with E-state index in [1.165, 1.54) is 0 Å². The van der Waals surface area contributed by atoms with Crippen molar-refractivity contribution in [3.63, 3.8) is 0 Å².